The van der Waals surface area contributed by atoms with E-state index < -0.39 is 0 Å². The lowest BCUT2D eigenvalue weighted by atomic mass is 9.89. The molecule has 0 radical (unpaired) electrons. The summed E-state index contributed by atoms with van der Waals surface area (Å²) in [6.45, 7) is 6.12. The van der Waals surface area contributed by atoms with Crippen LogP contribution in [0.2, 0.25) is 0 Å². The van der Waals surface area contributed by atoms with Gasteiger partial charge >= 0.3 is 6.09 Å². The van der Waals surface area contributed by atoms with Crippen molar-refractivity contribution >= 4 is 6.09 Å². The van der Waals surface area contributed by atoms with Crippen LogP contribution in [-0.2, 0) is 4.74 Å². The summed E-state index contributed by atoms with van der Waals surface area (Å²) in [5.74, 6) is 0.794. The smallest absolute Gasteiger partial charge is 0.407 e. The van der Waals surface area contributed by atoms with E-state index in [1.165, 1.54) is 12.8 Å². The van der Waals surface area contributed by atoms with Gasteiger partial charge in [0.25, 0.3) is 0 Å². The van der Waals surface area contributed by atoms with Crippen molar-refractivity contribution in [3.05, 3.63) is 0 Å². The highest BCUT2D eigenvalue weighted by atomic mass is 16.6. The SMILES string of the molecule is CC1CCC(OC(=O)NC(C)C)CC1. The zero-order valence-electron chi connectivity index (χ0n) is 9.38. The average Bonchev–Trinajstić information content (AvgIpc) is 2.07. The first kappa shape index (κ1) is 11.3. The van der Waals surface area contributed by atoms with E-state index in [1.54, 1.807) is 0 Å². The minimum absolute atomic E-state index is 0.143. The van der Waals surface area contributed by atoms with E-state index in [4.69, 9.17) is 4.74 Å². The first-order chi connectivity index (χ1) is 6.58. The molecule has 1 aliphatic rings. The lowest BCUT2D eigenvalue weighted by Gasteiger charge is -2.26. The molecule has 1 amide bonds. The van der Waals surface area contributed by atoms with Crippen molar-refractivity contribution in [1.82, 2.24) is 5.32 Å². The second-order valence-electron chi connectivity index (χ2n) is 4.59. The summed E-state index contributed by atoms with van der Waals surface area (Å²) in [7, 11) is 0. The fraction of sp³-hybridized carbons (Fsp3) is 0.909. The molecule has 0 aromatic rings. The molecule has 1 rings (SSSR count). The van der Waals surface area contributed by atoms with E-state index in [9.17, 15) is 4.79 Å². The van der Waals surface area contributed by atoms with Crippen LogP contribution in [0.1, 0.15) is 46.5 Å². The summed E-state index contributed by atoms with van der Waals surface area (Å²) in [6.07, 6.45) is 4.28. The maximum Gasteiger partial charge on any atom is 0.407 e. The molecular weight excluding hydrogens is 178 g/mol. The van der Waals surface area contributed by atoms with Gasteiger partial charge in [0.05, 0.1) is 0 Å². The minimum Gasteiger partial charge on any atom is -0.446 e. The van der Waals surface area contributed by atoms with E-state index in [2.05, 4.69) is 12.2 Å². The molecule has 1 aliphatic carbocycles. The normalized spacial score (nSPS) is 27.4. The van der Waals surface area contributed by atoms with Gasteiger partial charge in [-0.2, -0.15) is 0 Å². The van der Waals surface area contributed by atoms with Gasteiger partial charge in [0.1, 0.15) is 6.10 Å². The Hall–Kier alpha value is -0.730. The first-order valence-electron chi connectivity index (χ1n) is 5.55. The maximum absolute atomic E-state index is 11.3. The molecule has 0 saturated heterocycles. The van der Waals surface area contributed by atoms with Gasteiger partial charge in [-0.1, -0.05) is 6.92 Å². The molecule has 3 heteroatoms. The van der Waals surface area contributed by atoms with Gasteiger partial charge < -0.3 is 10.1 Å². The third-order valence-electron chi connectivity index (χ3n) is 2.64. The van der Waals surface area contributed by atoms with Gasteiger partial charge in [-0.05, 0) is 45.4 Å². The first-order valence-corrected chi connectivity index (χ1v) is 5.55. The van der Waals surface area contributed by atoms with Gasteiger partial charge in [-0.25, -0.2) is 4.79 Å². The molecule has 1 fully saturated rings. The molecule has 1 saturated carbocycles. The van der Waals surface area contributed by atoms with Crippen LogP contribution in [0.3, 0.4) is 0 Å². The van der Waals surface area contributed by atoms with E-state index >= 15 is 0 Å². The van der Waals surface area contributed by atoms with Gasteiger partial charge in [-0.3, -0.25) is 0 Å². The summed E-state index contributed by atoms with van der Waals surface area (Å²) in [5.41, 5.74) is 0. The summed E-state index contributed by atoms with van der Waals surface area (Å²) in [4.78, 5) is 11.3. The average molecular weight is 199 g/mol. The highest BCUT2D eigenvalue weighted by Crippen LogP contribution is 2.25. The lowest BCUT2D eigenvalue weighted by Crippen LogP contribution is -2.34. The van der Waals surface area contributed by atoms with Gasteiger partial charge in [0.15, 0.2) is 0 Å². The number of carbonyl (C=O) groups excluding carboxylic acids is 1. The van der Waals surface area contributed by atoms with Crippen molar-refractivity contribution in [3.63, 3.8) is 0 Å². The number of hydrogen-bond donors (Lipinski definition) is 1. The van der Waals surface area contributed by atoms with Crippen molar-refractivity contribution in [2.45, 2.75) is 58.6 Å². The van der Waals surface area contributed by atoms with Gasteiger partial charge in [-0.15, -0.1) is 0 Å². The molecule has 0 unspecified atom stereocenters. The molecule has 82 valence electrons. The zero-order valence-corrected chi connectivity index (χ0v) is 9.38. The van der Waals surface area contributed by atoms with Gasteiger partial charge in [0.2, 0.25) is 0 Å². The van der Waals surface area contributed by atoms with Crippen molar-refractivity contribution in [2.24, 2.45) is 5.92 Å². The van der Waals surface area contributed by atoms with E-state index in [-0.39, 0.29) is 18.2 Å². The van der Waals surface area contributed by atoms with E-state index in [0.29, 0.717) is 0 Å². The summed E-state index contributed by atoms with van der Waals surface area (Å²) >= 11 is 0. The van der Waals surface area contributed by atoms with E-state index in [0.717, 1.165) is 18.8 Å². The Kier molecular flexibility index (Phi) is 4.23. The van der Waals surface area contributed by atoms with Crippen molar-refractivity contribution in [3.8, 4) is 0 Å². The Balaban J connectivity index is 2.20. The van der Waals surface area contributed by atoms with Gasteiger partial charge in [0, 0.05) is 6.04 Å². The van der Waals surface area contributed by atoms with Crippen molar-refractivity contribution in [2.75, 3.05) is 0 Å². The molecule has 0 atom stereocenters. The van der Waals surface area contributed by atoms with Crippen LogP contribution < -0.4 is 5.32 Å². The largest absolute Gasteiger partial charge is 0.446 e. The Morgan fingerprint density at radius 2 is 1.86 bits per heavy atom. The molecule has 0 bridgehead atoms. The van der Waals surface area contributed by atoms with Crippen molar-refractivity contribution in [1.29, 1.82) is 0 Å². The van der Waals surface area contributed by atoms with Crippen LogP contribution >= 0.6 is 0 Å². The fourth-order valence-corrected chi connectivity index (χ4v) is 1.77. The van der Waals surface area contributed by atoms with Crippen LogP contribution in [0.4, 0.5) is 4.79 Å². The molecule has 0 aromatic heterocycles. The maximum atomic E-state index is 11.3. The quantitative estimate of drug-likeness (QED) is 0.742. The number of amides is 1. The van der Waals surface area contributed by atoms with Crippen LogP contribution in [0, 0.1) is 5.92 Å². The van der Waals surface area contributed by atoms with Crippen LogP contribution in [0.5, 0.6) is 0 Å². The van der Waals surface area contributed by atoms with Crippen LogP contribution in [0.15, 0.2) is 0 Å². The Morgan fingerprint density at radius 3 is 2.36 bits per heavy atom. The highest BCUT2D eigenvalue weighted by Gasteiger charge is 2.21. The predicted octanol–water partition coefficient (Wildman–Crippen LogP) is 2.70. The topological polar surface area (TPSA) is 38.3 Å². The molecule has 14 heavy (non-hydrogen) atoms. The Bertz CT molecular complexity index is 184. The predicted molar refractivity (Wildman–Crippen MR) is 56.2 cm³/mol. The summed E-state index contributed by atoms with van der Waals surface area (Å²) < 4.78 is 5.30. The molecule has 3 nitrogen and oxygen atoms in total. The fourth-order valence-electron chi connectivity index (χ4n) is 1.77. The monoisotopic (exact) mass is 199 g/mol. The Morgan fingerprint density at radius 1 is 1.29 bits per heavy atom. The standard InChI is InChI=1S/C11H21NO2/c1-8(2)12-11(13)14-10-6-4-9(3)5-7-10/h8-10H,4-7H2,1-3H3,(H,12,13). The zero-order chi connectivity index (χ0) is 10.6. The number of nitrogens with one attached hydrogen (secondary N) is 1. The highest BCUT2D eigenvalue weighted by molar-refractivity contribution is 5.67. The number of carbonyl (C=O) groups is 1. The lowest BCUT2D eigenvalue weighted by molar-refractivity contribution is 0.0649. The number of hydrogen-bond acceptors (Lipinski definition) is 2. The van der Waals surface area contributed by atoms with Crippen molar-refractivity contribution < 1.29 is 9.53 Å². The van der Waals surface area contributed by atoms with E-state index in [1.807, 2.05) is 13.8 Å². The summed E-state index contributed by atoms with van der Waals surface area (Å²) in [6, 6.07) is 0.157. The second-order valence-corrected chi connectivity index (χ2v) is 4.59. The molecule has 0 heterocycles. The number of alkyl carbamates (subject to hydrolysis) is 1. The van der Waals surface area contributed by atoms with Crippen LogP contribution in [0.25, 0.3) is 0 Å². The van der Waals surface area contributed by atoms with Crippen LogP contribution in [-0.4, -0.2) is 18.2 Å². The second kappa shape index (κ2) is 5.23. The molecular formula is C11H21NO2. The molecule has 0 spiro atoms. The third-order valence-corrected chi connectivity index (χ3v) is 2.64. The summed E-state index contributed by atoms with van der Waals surface area (Å²) in [5, 5.41) is 2.74. The molecule has 0 aromatic carbocycles. The third kappa shape index (κ3) is 3.99. The minimum atomic E-state index is -0.264. The molecule has 0 aliphatic heterocycles. The Labute approximate surface area is 86.2 Å². The number of rotatable bonds is 2. The number of ether oxygens (including phenoxy) is 1. The molecule has 1 N–H and O–H groups in total.